The van der Waals surface area contributed by atoms with Crippen molar-refractivity contribution < 1.29 is 9.53 Å². The van der Waals surface area contributed by atoms with Gasteiger partial charge in [0.15, 0.2) is 0 Å². The van der Waals surface area contributed by atoms with Crippen molar-refractivity contribution in [3.05, 3.63) is 34.3 Å². The van der Waals surface area contributed by atoms with Crippen LogP contribution >= 0.6 is 23.4 Å². The van der Waals surface area contributed by atoms with E-state index < -0.39 is 0 Å². The van der Waals surface area contributed by atoms with E-state index in [1.807, 2.05) is 26.8 Å². The minimum Gasteiger partial charge on any atom is -0.378 e. The van der Waals surface area contributed by atoms with Crippen molar-refractivity contribution in [2.45, 2.75) is 26.9 Å². The highest BCUT2D eigenvalue weighted by Gasteiger charge is 2.10. The van der Waals surface area contributed by atoms with Gasteiger partial charge in [-0.2, -0.15) is 0 Å². The van der Waals surface area contributed by atoms with Crippen molar-refractivity contribution in [2.24, 2.45) is 0 Å². The first-order chi connectivity index (χ1) is 8.00. The summed E-state index contributed by atoms with van der Waals surface area (Å²) < 4.78 is 5.37. The van der Waals surface area contributed by atoms with Gasteiger partial charge in [0.25, 0.3) is 0 Å². The standard InChI is InChI=1S/C13H17ClO2S/c1-9(2)16-6-7-17-13(15)11-5-4-10(3)8-12(11)14/h4-5,8-9H,6-7H2,1-3H3. The lowest BCUT2D eigenvalue weighted by molar-refractivity contribution is 0.0915. The van der Waals surface area contributed by atoms with Gasteiger partial charge < -0.3 is 4.74 Å². The minimum atomic E-state index is 0.00218. The molecule has 0 radical (unpaired) electrons. The van der Waals surface area contributed by atoms with E-state index in [1.54, 1.807) is 12.1 Å². The number of halogens is 1. The summed E-state index contributed by atoms with van der Waals surface area (Å²) in [7, 11) is 0. The molecule has 0 aliphatic rings. The van der Waals surface area contributed by atoms with E-state index >= 15 is 0 Å². The second kappa shape index (κ2) is 7.04. The van der Waals surface area contributed by atoms with Crippen molar-refractivity contribution in [3.63, 3.8) is 0 Å². The van der Waals surface area contributed by atoms with Crippen molar-refractivity contribution in [3.8, 4) is 0 Å². The Balaban J connectivity index is 2.47. The average Bonchev–Trinajstić information content (AvgIpc) is 2.23. The van der Waals surface area contributed by atoms with Crippen LogP contribution in [0.15, 0.2) is 18.2 Å². The van der Waals surface area contributed by atoms with Crippen LogP contribution < -0.4 is 0 Å². The summed E-state index contributed by atoms with van der Waals surface area (Å²) in [5.74, 6) is 0.654. The highest BCUT2D eigenvalue weighted by Crippen LogP contribution is 2.22. The van der Waals surface area contributed by atoms with Crippen molar-refractivity contribution in [2.75, 3.05) is 12.4 Å². The van der Waals surface area contributed by atoms with E-state index in [1.165, 1.54) is 11.8 Å². The fourth-order valence-electron chi connectivity index (χ4n) is 1.28. The molecule has 0 atom stereocenters. The lowest BCUT2D eigenvalue weighted by Crippen LogP contribution is -2.07. The molecule has 2 nitrogen and oxygen atoms in total. The van der Waals surface area contributed by atoms with Gasteiger partial charge in [-0.25, -0.2) is 0 Å². The Kier molecular flexibility index (Phi) is 6.03. The number of carbonyl (C=O) groups excluding carboxylic acids is 1. The normalized spacial score (nSPS) is 10.9. The Morgan fingerprint density at radius 1 is 1.47 bits per heavy atom. The number of benzene rings is 1. The third-order valence-corrected chi connectivity index (χ3v) is 3.28. The van der Waals surface area contributed by atoms with Crippen LogP contribution in [0, 0.1) is 6.92 Å². The van der Waals surface area contributed by atoms with Crippen LogP contribution in [0.1, 0.15) is 29.8 Å². The largest absolute Gasteiger partial charge is 0.378 e. The molecule has 94 valence electrons. The molecule has 0 amide bonds. The molecule has 4 heteroatoms. The lowest BCUT2D eigenvalue weighted by atomic mass is 10.2. The maximum atomic E-state index is 11.8. The van der Waals surface area contributed by atoms with Crippen molar-refractivity contribution in [1.82, 2.24) is 0 Å². The highest BCUT2D eigenvalue weighted by atomic mass is 35.5. The zero-order valence-electron chi connectivity index (χ0n) is 10.3. The topological polar surface area (TPSA) is 26.3 Å². The molecule has 0 aromatic heterocycles. The molecule has 1 aromatic rings. The molecule has 1 rings (SSSR count). The molecule has 1 aromatic carbocycles. The lowest BCUT2D eigenvalue weighted by Gasteiger charge is -2.07. The van der Waals surface area contributed by atoms with Crippen LogP contribution in [0.2, 0.25) is 5.02 Å². The van der Waals surface area contributed by atoms with E-state index in [0.29, 0.717) is 22.9 Å². The van der Waals surface area contributed by atoms with E-state index in [2.05, 4.69) is 0 Å². The maximum absolute atomic E-state index is 11.8. The van der Waals surface area contributed by atoms with Gasteiger partial charge in [0.2, 0.25) is 5.12 Å². The van der Waals surface area contributed by atoms with Gasteiger partial charge >= 0.3 is 0 Å². The number of ether oxygens (including phenoxy) is 1. The van der Waals surface area contributed by atoms with Crippen LogP contribution in [0.4, 0.5) is 0 Å². The molecule has 0 aliphatic carbocycles. The van der Waals surface area contributed by atoms with Crippen molar-refractivity contribution in [1.29, 1.82) is 0 Å². The number of thioether (sulfide) groups is 1. The molecular weight excluding hydrogens is 256 g/mol. The summed E-state index contributed by atoms with van der Waals surface area (Å²) >= 11 is 7.27. The molecular formula is C13H17ClO2S. The highest BCUT2D eigenvalue weighted by molar-refractivity contribution is 8.14. The van der Waals surface area contributed by atoms with Gasteiger partial charge in [-0.05, 0) is 38.5 Å². The summed E-state index contributed by atoms with van der Waals surface area (Å²) in [4.78, 5) is 11.8. The van der Waals surface area contributed by atoms with Crippen LogP contribution in [0.5, 0.6) is 0 Å². The summed E-state index contributed by atoms with van der Waals surface area (Å²) in [6.45, 7) is 6.48. The smallest absolute Gasteiger partial charge is 0.220 e. The Bertz CT molecular complexity index is 391. The number of carbonyl (C=O) groups is 1. The Hall–Kier alpha value is -0.510. The molecule has 0 bridgehead atoms. The third-order valence-electron chi connectivity index (χ3n) is 2.11. The second-order valence-electron chi connectivity index (χ2n) is 4.04. The Labute approximate surface area is 112 Å². The molecule has 0 fully saturated rings. The molecule has 17 heavy (non-hydrogen) atoms. The fourth-order valence-corrected chi connectivity index (χ4v) is 2.36. The summed E-state index contributed by atoms with van der Waals surface area (Å²) in [6, 6.07) is 5.47. The monoisotopic (exact) mass is 272 g/mol. The zero-order valence-corrected chi connectivity index (χ0v) is 11.9. The predicted molar refractivity (Wildman–Crippen MR) is 74.1 cm³/mol. The van der Waals surface area contributed by atoms with Crippen LogP contribution in [0.3, 0.4) is 0 Å². The SMILES string of the molecule is Cc1ccc(C(=O)SCCOC(C)C)c(Cl)c1. The van der Waals surface area contributed by atoms with Crippen LogP contribution in [-0.2, 0) is 4.74 Å². The quantitative estimate of drug-likeness (QED) is 0.760. The van der Waals surface area contributed by atoms with Gasteiger partial charge in [-0.15, -0.1) is 0 Å². The van der Waals surface area contributed by atoms with Gasteiger partial charge in [-0.3, -0.25) is 4.79 Å². The average molecular weight is 273 g/mol. The zero-order chi connectivity index (χ0) is 12.8. The van der Waals surface area contributed by atoms with Gasteiger partial charge in [-0.1, -0.05) is 29.4 Å². The van der Waals surface area contributed by atoms with Gasteiger partial charge in [0, 0.05) is 11.3 Å². The number of hydrogen-bond acceptors (Lipinski definition) is 3. The van der Waals surface area contributed by atoms with Gasteiger partial charge in [0.1, 0.15) is 0 Å². The minimum absolute atomic E-state index is 0.00218. The van der Waals surface area contributed by atoms with Crippen molar-refractivity contribution >= 4 is 28.5 Å². The summed E-state index contributed by atoms with van der Waals surface area (Å²) in [5, 5.41) is 0.523. The number of aryl methyl sites for hydroxylation is 1. The Morgan fingerprint density at radius 3 is 2.76 bits per heavy atom. The maximum Gasteiger partial charge on any atom is 0.220 e. The third kappa shape index (κ3) is 5.11. The second-order valence-corrected chi connectivity index (χ2v) is 5.51. The molecule has 0 saturated heterocycles. The molecule has 0 unspecified atom stereocenters. The predicted octanol–water partition coefficient (Wildman–Crippen LogP) is 3.95. The molecule has 0 aliphatic heterocycles. The molecule has 0 saturated carbocycles. The van der Waals surface area contributed by atoms with E-state index in [0.717, 1.165) is 5.56 Å². The number of rotatable bonds is 5. The van der Waals surface area contributed by atoms with Crippen LogP contribution in [0.25, 0.3) is 0 Å². The number of hydrogen-bond donors (Lipinski definition) is 0. The summed E-state index contributed by atoms with van der Waals surface area (Å²) in [6.07, 6.45) is 0.202. The first-order valence-electron chi connectivity index (χ1n) is 5.55. The molecule has 0 spiro atoms. The summed E-state index contributed by atoms with van der Waals surface area (Å²) in [5.41, 5.74) is 1.63. The Morgan fingerprint density at radius 2 is 2.18 bits per heavy atom. The van der Waals surface area contributed by atoms with E-state index in [4.69, 9.17) is 16.3 Å². The molecule has 0 heterocycles. The fraction of sp³-hybridized carbons (Fsp3) is 0.462. The first-order valence-corrected chi connectivity index (χ1v) is 6.92. The van der Waals surface area contributed by atoms with E-state index in [-0.39, 0.29) is 11.2 Å². The first kappa shape index (κ1) is 14.6. The molecule has 0 N–H and O–H groups in total. The van der Waals surface area contributed by atoms with Crippen LogP contribution in [-0.4, -0.2) is 23.6 Å². The van der Waals surface area contributed by atoms with E-state index in [9.17, 15) is 4.79 Å². The van der Waals surface area contributed by atoms with Gasteiger partial charge in [0.05, 0.1) is 17.7 Å².